The first-order valence-electron chi connectivity index (χ1n) is 8.66. The van der Waals surface area contributed by atoms with E-state index >= 15 is 0 Å². The van der Waals surface area contributed by atoms with Crippen LogP contribution in [-0.2, 0) is 4.79 Å². The molecular formula is C20H20BrN3O3. The van der Waals surface area contributed by atoms with Crippen LogP contribution in [0.4, 0.5) is 5.69 Å². The van der Waals surface area contributed by atoms with E-state index in [4.69, 9.17) is 0 Å². The summed E-state index contributed by atoms with van der Waals surface area (Å²) >= 11 is 3.41. The Bertz CT molecular complexity index is 876. The summed E-state index contributed by atoms with van der Waals surface area (Å²) in [5.41, 5.74) is 1.74. The maximum absolute atomic E-state index is 12.7. The number of hydrogen-bond acceptors (Lipinski definition) is 3. The average Bonchev–Trinajstić information content (AvgIpc) is 2.67. The van der Waals surface area contributed by atoms with Crippen molar-refractivity contribution in [1.82, 2.24) is 9.80 Å². The van der Waals surface area contributed by atoms with Gasteiger partial charge in [0.2, 0.25) is 5.91 Å². The van der Waals surface area contributed by atoms with Crippen molar-refractivity contribution in [2.75, 3.05) is 31.5 Å². The second-order valence-corrected chi connectivity index (χ2v) is 7.18. The van der Waals surface area contributed by atoms with Gasteiger partial charge in [0.25, 0.3) is 11.8 Å². The lowest BCUT2D eigenvalue weighted by Crippen LogP contribution is -2.50. The average molecular weight is 430 g/mol. The fourth-order valence-corrected chi connectivity index (χ4v) is 3.49. The molecular weight excluding hydrogens is 410 g/mol. The van der Waals surface area contributed by atoms with Crippen LogP contribution in [0.5, 0.6) is 0 Å². The van der Waals surface area contributed by atoms with Gasteiger partial charge < -0.3 is 15.1 Å². The first-order chi connectivity index (χ1) is 13.0. The predicted octanol–water partition coefficient (Wildman–Crippen LogP) is 3.01. The minimum atomic E-state index is -0.182. The summed E-state index contributed by atoms with van der Waals surface area (Å²) in [6, 6.07) is 14.2. The van der Waals surface area contributed by atoms with E-state index in [1.54, 1.807) is 40.1 Å². The molecule has 0 aromatic heterocycles. The minimum absolute atomic E-state index is 0.0396. The van der Waals surface area contributed by atoms with Gasteiger partial charge in [-0.25, -0.2) is 0 Å². The third kappa shape index (κ3) is 4.54. The lowest BCUT2D eigenvalue weighted by molar-refractivity contribution is -0.114. The zero-order valence-electron chi connectivity index (χ0n) is 14.9. The number of amides is 3. The van der Waals surface area contributed by atoms with Gasteiger partial charge in [-0.2, -0.15) is 0 Å². The molecule has 0 radical (unpaired) electrons. The van der Waals surface area contributed by atoms with Crippen molar-refractivity contribution < 1.29 is 14.4 Å². The van der Waals surface area contributed by atoms with Crippen LogP contribution in [0.2, 0.25) is 0 Å². The zero-order valence-corrected chi connectivity index (χ0v) is 16.5. The molecule has 7 heteroatoms. The number of hydrogen-bond donors (Lipinski definition) is 1. The Labute approximate surface area is 166 Å². The highest BCUT2D eigenvalue weighted by Crippen LogP contribution is 2.19. The summed E-state index contributed by atoms with van der Waals surface area (Å²) < 4.78 is 0.767. The smallest absolute Gasteiger partial charge is 0.255 e. The summed E-state index contributed by atoms with van der Waals surface area (Å²) in [6.45, 7) is 3.34. The zero-order chi connectivity index (χ0) is 19.4. The van der Waals surface area contributed by atoms with Gasteiger partial charge in [-0.15, -0.1) is 0 Å². The molecule has 0 unspecified atom stereocenters. The molecule has 140 valence electrons. The van der Waals surface area contributed by atoms with Crippen molar-refractivity contribution in [2.45, 2.75) is 6.92 Å². The van der Waals surface area contributed by atoms with Gasteiger partial charge >= 0.3 is 0 Å². The van der Waals surface area contributed by atoms with E-state index in [9.17, 15) is 14.4 Å². The summed E-state index contributed by atoms with van der Waals surface area (Å²) in [6.07, 6.45) is 0. The standard InChI is InChI=1S/C20H20BrN3O3/c1-14(25)22-16-6-4-5-15(13-16)19(26)23-9-11-24(12-10-23)20(27)17-7-2-3-8-18(17)21/h2-8,13H,9-12H2,1H3,(H,22,25). The van der Waals surface area contributed by atoms with Gasteiger partial charge in [0, 0.05) is 48.8 Å². The largest absolute Gasteiger partial charge is 0.335 e. The molecule has 1 saturated heterocycles. The minimum Gasteiger partial charge on any atom is -0.335 e. The fraction of sp³-hybridized carbons (Fsp3) is 0.250. The van der Waals surface area contributed by atoms with Crippen LogP contribution in [0.3, 0.4) is 0 Å². The Morgan fingerprint density at radius 1 is 0.889 bits per heavy atom. The van der Waals surface area contributed by atoms with Crippen molar-refractivity contribution >= 4 is 39.3 Å². The van der Waals surface area contributed by atoms with Gasteiger partial charge in [-0.3, -0.25) is 14.4 Å². The van der Waals surface area contributed by atoms with E-state index in [0.29, 0.717) is 43.0 Å². The van der Waals surface area contributed by atoms with Gasteiger partial charge in [-0.05, 0) is 46.3 Å². The van der Waals surface area contributed by atoms with Gasteiger partial charge in [0.05, 0.1) is 5.56 Å². The molecule has 1 fully saturated rings. The number of halogens is 1. The summed E-state index contributed by atoms with van der Waals surface area (Å²) in [5.74, 6) is -0.323. The number of anilines is 1. The molecule has 27 heavy (non-hydrogen) atoms. The quantitative estimate of drug-likeness (QED) is 0.814. The molecule has 3 rings (SSSR count). The van der Waals surface area contributed by atoms with Gasteiger partial charge in [-0.1, -0.05) is 18.2 Å². The first-order valence-corrected chi connectivity index (χ1v) is 9.46. The lowest BCUT2D eigenvalue weighted by Gasteiger charge is -2.35. The maximum Gasteiger partial charge on any atom is 0.255 e. The van der Waals surface area contributed by atoms with E-state index in [2.05, 4.69) is 21.2 Å². The van der Waals surface area contributed by atoms with Crippen LogP contribution in [0, 0.1) is 0 Å². The highest BCUT2D eigenvalue weighted by atomic mass is 79.9. The second kappa shape index (κ2) is 8.35. The normalized spacial score (nSPS) is 14.0. The molecule has 1 heterocycles. The molecule has 0 atom stereocenters. The number of nitrogens with zero attached hydrogens (tertiary/aromatic N) is 2. The highest BCUT2D eigenvalue weighted by Gasteiger charge is 2.26. The molecule has 1 N–H and O–H groups in total. The predicted molar refractivity (Wildman–Crippen MR) is 107 cm³/mol. The fourth-order valence-electron chi connectivity index (χ4n) is 3.03. The van der Waals surface area contributed by atoms with E-state index < -0.39 is 0 Å². The molecule has 0 saturated carbocycles. The van der Waals surface area contributed by atoms with Crippen LogP contribution >= 0.6 is 15.9 Å². The molecule has 1 aliphatic heterocycles. The topological polar surface area (TPSA) is 69.7 Å². The third-order valence-electron chi connectivity index (χ3n) is 4.39. The first kappa shape index (κ1) is 19.1. The summed E-state index contributed by atoms with van der Waals surface area (Å²) in [7, 11) is 0. The van der Waals surface area contributed by atoms with E-state index in [0.717, 1.165) is 4.47 Å². The lowest BCUT2D eigenvalue weighted by atomic mass is 10.1. The van der Waals surface area contributed by atoms with Crippen molar-refractivity contribution in [1.29, 1.82) is 0 Å². The van der Waals surface area contributed by atoms with Crippen LogP contribution in [0.25, 0.3) is 0 Å². The van der Waals surface area contributed by atoms with Crippen molar-refractivity contribution in [3.8, 4) is 0 Å². The Morgan fingerprint density at radius 3 is 2.15 bits per heavy atom. The maximum atomic E-state index is 12.7. The van der Waals surface area contributed by atoms with Crippen molar-refractivity contribution in [2.24, 2.45) is 0 Å². The molecule has 1 aliphatic rings. The van der Waals surface area contributed by atoms with Crippen molar-refractivity contribution in [3.05, 3.63) is 64.1 Å². The highest BCUT2D eigenvalue weighted by molar-refractivity contribution is 9.10. The van der Waals surface area contributed by atoms with Crippen LogP contribution < -0.4 is 5.32 Å². The van der Waals surface area contributed by atoms with E-state index in [-0.39, 0.29) is 17.7 Å². The van der Waals surface area contributed by atoms with Gasteiger partial charge in [0.15, 0.2) is 0 Å². The third-order valence-corrected chi connectivity index (χ3v) is 5.08. The monoisotopic (exact) mass is 429 g/mol. The Morgan fingerprint density at radius 2 is 1.52 bits per heavy atom. The van der Waals surface area contributed by atoms with Crippen LogP contribution in [0.1, 0.15) is 27.6 Å². The summed E-state index contributed by atoms with van der Waals surface area (Å²) in [4.78, 5) is 40.1. The van der Waals surface area contributed by atoms with E-state index in [1.165, 1.54) is 6.92 Å². The number of carbonyl (C=O) groups is 3. The number of piperazine rings is 1. The van der Waals surface area contributed by atoms with Crippen LogP contribution in [0.15, 0.2) is 53.0 Å². The molecule has 0 spiro atoms. The Kier molecular flexibility index (Phi) is 5.91. The number of benzene rings is 2. The van der Waals surface area contributed by atoms with Crippen molar-refractivity contribution in [3.63, 3.8) is 0 Å². The Hall–Kier alpha value is -2.67. The number of carbonyl (C=O) groups excluding carboxylic acids is 3. The number of nitrogens with one attached hydrogen (secondary N) is 1. The summed E-state index contributed by atoms with van der Waals surface area (Å²) in [5, 5.41) is 2.68. The number of rotatable bonds is 3. The SMILES string of the molecule is CC(=O)Nc1cccc(C(=O)N2CCN(C(=O)c3ccccc3Br)CC2)c1. The molecule has 2 aromatic rings. The molecule has 0 aliphatic carbocycles. The second-order valence-electron chi connectivity index (χ2n) is 6.33. The molecule has 0 bridgehead atoms. The van der Waals surface area contributed by atoms with Gasteiger partial charge in [0.1, 0.15) is 0 Å². The van der Waals surface area contributed by atoms with E-state index in [1.807, 2.05) is 18.2 Å². The molecule has 6 nitrogen and oxygen atoms in total. The Balaban J connectivity index is 1.64. The molecule has 3 amide bonds. The van der Waals surface area contributed by atoms with Crippen LogP contribution in [-0.4, -0.2) is 53.7 Å². The molecule has 2 aromatic carbocycles.